The molecular formula is C23H36N2O3. The van der Waals surface area contributed by atoms with Gasteiger partial charge in [-0.2, -0.15) is 0 Å². The second-order valence-corrected chi connectivity index (χ2v) is 10.8. The third-order valence-electron chi connectivity index (χ3n) is 9.57. The highest BCUT2D eigenvalue weighted by atomic mass is 16.6. The topological polar surface area (TPSA) is 70.9 Å². The largest absolute Gasteiger partial charge is 0.393 e. The van der Waals surface area contributed by atoms with Gasteiger partial charge in [-0.05, 0) is 80.6 Å². The molecule has 5 heteroatoms. The number of Topliss-reactive ketones (excluding diaryl/α,β-unsaturated/α-hetero) is 1. The zero-order valence-corrected chi connectivity index (χ0v) is 17.5. The van der Waals surface area contributed by atoms with Crippen molar-refractivity contribution in [1.29, 1.82) is 0 Å². The quantitative estimate of drug-likeness (QED) is 0.712. The number of carbonyl (C=O) groups excluding carboxylic acids is 1. The summed E-state index contributed by atoms with van der Waals surface area (Å²) in [7, 11) is 0. The molecule has 0 aromatic carbocycles. The molecule has 5 fully saturated rings. The van der Waals surface area contributed by atoms with Crippen molar-refractivity contribution in [1.82, 2.24) is 5.32 Å². The molecule has 0 amide bonds. The number of aliphatic hydroxyl groups is 1. The molecule has 28 heavy (non-hydrogen) atoms. The van der Waals surface area contributed by atoms with Crippen molar-refractivity contribution >= 4 is 11.5 Å². The zero-order valence-electron chi connectivity index (χ0n) is 17.5. The normalized spacial score (nSPS) is 52.2. The smallest absolute Gasteiger partial charge is 0.141 e. The highest BCUT2D eigenvalue weighted by molar-refractivity contribution is 5.87. The maximum atomic E-state index is 12.6. The monoisotopic (exact) mass is 388 g/mol. The van der Waals surface area contributed by atoms with Crippen molar-refractivity contribution in [2.24, 2.45) is 39.7 Å². The number of carbonyl (C=O) groups is 1. The van der Waals surface area contributed by atoms with Gasteiger partial charge in [-0.25, -0.2) is 0 Å². The van der Waals surface area contributed by atoms with E-state index in [-0.39, 0.29) is 23.0 Å². The molecule has 1 aliphatic heterocycles. The molecule has 0 radical (unpaired) electrons. The van der Waals surface area contributed by atoms with E-state index in [0.717, 1.165) is 70.9 Å². The third-order valence-corrected chi connectivity index (χ3v) is 9.57. The number of nitrogens with zero attached hydrogens (tertiary/aromatic N) is 1. The highest BCUT2D eigenvalue weighted by Gasteiger charge is 2.62. The van der Waals surface area contributed by atoms with E-state index in [1.165, 1.54) is 5.71 Å². The first-order chi connectivity index (χ1) is 13.4. The van der Waals surface area contributed by atoms with Gasteiger partial charge in [0.25, 0.3) is 0 Å². The van der Waals surface area contributed by atoms with Crippen LogP contribution in [0.5, 0.6) is 0 Å². The van der Waals surface area contributed by atoms with Crippen LogP contribution in [-0.4, -0.2) is 41.9 Å². The van der Waals surface area contributed by atoms with Gasteiger partial charge in [0.1, 0.15) is 11.9 Å². The van der Waals surface area contributed by atoms with E-state index in [1.807, 2.05) is 0 Å². The van der Waals surface area contributed by atoms with Crippen molar-refractivity contribution in [2.45, 2.75) is 83.8 Å². The molecule has 4 aliphatic carbocycles. The number of ketones is 1. The Hall–Kier alpha value is -0.940. The van der Waals surface area contributed by atoms with Crippen LogP contribution in [0.3, 0.4) is 0 Å². The number of hydrogen-bond donors (Lipinski definition) is 2. The zero-order chi connectivity index (χ0) is 19.5. The minimum Gasteiger partial charge on any atom is -0.393 e. The molecular weight excluding hydrogens is 352 g/mol. The number of rotatable bonds is 2. The summed E-state index contributed by atoms with van der Waals surface area (Å²) in [5, 5.41) is 19.1. The summed E-state index contributed by atoms with van der Waals surface area (Å²) in [5.41, 5.74) is 1.29. The molecule has 0 aromatic heterocycles. The molecule has 0 spiro atoms. The molecule has 1 unspecified atom stereocenters. The molecule has 5 rings (SSSR count). The fourth-order valence-electron chi connectivity index (χ4n) is 7.75. The average Bonchev–Trinajstić information content (AvgIpc) is 3.29. The molecule has 8 atom stereocenters. The molecule has 0 bridgehead atoms. The average molecular weight is 389 g/mol. The second-order valence-electron chi connectivity index (χ2n) is 10.8. The van der Waals surface area contributed by atoms with Gasteiger partial charge in [-0.1, -0.05) is 19.0 Å². The molecule has 1 heterocycles. The van der Waals surface area contributed by atoms with Crippen LogP contribution in [0.4, 0.5) is 0 Å². The maximum absolute atomic E-state index is 12.6. The summed E-state index contributed by atoms with van der Waals surface area (Å²) in [6, 6.07) is 0. The van der Waals surface area contributed by atoms with Crippen LogP contribution in [-0.2, 0) is 9.63 Å². The van der Waals surface area contributed by atoms with Crippen molar-refractivity contribution in [3.8, 4) is 0 Å². The van der Waals surface area contributed by atoms with Gasteiger partial charge >= 0.3 is 0 Å². The van der Waals surface area contributed by atoms with E-state index < -0.39 is 0 Å². The van der Waals surface area contributed by atoms with Crippen LogP contribution >= 0.6 is 0 Å². The summed E-state index contributed by atoms with van der Waals surface area (Å²) < 4.78 is 0. The molecule has 5 nitrogen and oxygen atoms in total. The van der Waals surface area contributed by atoms with Crippen LogP contribution in [0, 0.1) is 34.5 Å². The van der Waals surface area contributed by atoms with Gasteiger partial charge in [0, 0.05) is 24.8 Å². The van der Waals surface area contributed by atoms with Gasteiger partial charge in [0.15, 0.2) is 0 Å². The number of fused-ring (bicyclic) bond motifs is 5. The lowest BCUT2D eigenvalue weighted by Gasteiger charge is -2.60. The molecule has 2 N–H and O–H groups in total. The van der Waals surface area contributed by atoms with Crippen molar-refractivity contribution in [2.75, 3.05) is 13.1 Å². The van der Waals surface area contributed by atoms with Gasteiger partial charge < -0.3 is 15.3 Å². The minimum atomic E-state index is -0.266. The number of oxime groups is 1. The van der Waals surface area contributed by atoms with Gasteiger partial charge in [-0.15, -0.1) is 0 Å². The molecule has 0 aromatic rings. The summed E-state index contributed by atoms with van der Waals surface area (Å²) in [5.74, 6) is 2.19. The van der Waals surface area contributed by atoms with Crippen LogP contribution in [0.1, 0.15) is 71.6 Å². The first-order valence-corrected chi connectivity index (χ1v) is 11.6. The number of nitrogens with one attached hydrogen (secondary N) is 1. The number of aliphatic hydroxyl groups excluding tert-OH is 1. The van der Waals surface area contributed by atoms with Crippen LogP contribution in [0.2, 0.25) is 0 Å². The summed E-state index contributed by atoms with van der Waals surface area (Å²) in [6.07, 6.45) is 8.83. The van der Waals surface area contributed by atoms with Crippen LogP contribution in [0.25, 0.3) is 0 Å². The SMILES string of the molecule is C[C@]12CCC(=NO[C@@H]3CCNC3)CC1C[C@@H](O)[C@@H]1[C@@H]2CC[C@]2(C)C(=O)CC[C@@H]12. The van der Waals surface area contributed by atoms with E-state index in [9.17, 15) is 9.90 Å². The van der Waals surface area contributed by atoms with E-state index in [4.69, 9.17) is 4.84 Å². The summed E-state index contributed by atoms with van der Waals surface area (Å²) >= 11 is 0. The third kappa shape index (κ3) is 2.79. The Morgan fingerprint density at radius 3 is 2.79 bits per heavy atom. The van der Waals surface area contributed by atoms with Crippen molar-refractivity contribution in [3.63, 3.8) is 0 Å². The summed E-state index contributed by atoms with van der Waals surface area (Å²) in [4.78, 5) is 18.4. The van der Waals surface area contributed by atoms with Gasteiger partial charge in [0.05, 0.1) is 11.8 Å². The maximum Gasteiger partial charge on any atom is 0.141 e. The molecule has 156 valence electrons. The fraction of sp³-hybridized carbons (Fsp3) is 0.913. The Balaban J connectivity index is 1.34. The first-order valence-electron chi connectivity index (χ1n) is 11.6. The second kappa shape index (κ2) is 6.80. The lowest BCUT2D eigenvalue weighted by Crippen LogP contribution is -2.58. The molecule has 1 saturated heterocycles. The summed E-state index contributed by atoms with van der Waals surface area (Å²) in [6.45, 7) is 6.58. The Kier molecular flexibility index (Phi) is 4.63. The van der Waals surface area contributed by atoms with Gasteiger partial charge in [-0.3, -0.25) is 4.79 Å². The van der Waals surface area contributed by atoms with Gasteiger partial charge in [0.2, 0.25) is 0 Å². The Bertz CT molecular complexity index is 673. The Morgan fingerprint density at radius 2 is 2.00 bits per heavy atom. The number of hydrogen-bond acceptors (Lipinski definition) is 5. The first kappa shape index (κ1) is 19.0. The van der Waals surface area contributed by atoms with E-state index >= 15 is 0 Å². The Morgan fingerprint density at radius 1 is 1.14 bits per heavy atom. The Labute approximate surface area is 168 Å². The van der Waals surface area contributed by atoms with E-state index in [2.05, 4.69) is 24.3 Å². The van der Waals surface area contributed by atoms with Crippen LogP contribution in [0.15, 0.2) is 5.16 Å². The standard InChI is InChI=1S/C23H36N2O3/c1-22-8-5-15(25-28-16-7-10-24-13-16)11-14(22)12-19(26)21-17-3-4-20(27)23(17,2)9-6-18(21)22/h14,16-19,21,24,26H,3-13H2,1-2H3/t14?,16-,17+,18+,19-,21+,22+,23+/m1/s1. The molecule has 5 aliphatic rings. The predicted octanol–water partition coefficient (Wildman–Crippen LogP) is 3.30. The fourth-order valence-corrected chi connectivity index (χ4v) is 7.75. The lowest BCUT2D eigenvalue weighted by atomic mass is 9.44. The lowest BCUT2D eigenvalue weighted by molar-refractivity contribution is -0.158. The molecule has 4 saturated carbocycles. The van der Waals surface area contributed by atoms with Crippen molar-refractivity contribution in [3.05, 3.63) is 0 Å². The van der Waals surface area contributed by atoms with E-state index in [1.54, 1.807) is 0 Å². The highest BCUT2D eigenvalue weighted by Crippen LogP contribution is 2.65. The van der Waals surface area contributed by atoms with E-state index in [0.29, 0.717) is 29.5 Å². The predicted molar refractivity (Wildman–Crippen MR) is 108 cm³/mol. The minimum absolute atomic E-state index is 0.171. The van der Waals surface area contributed by atoms with Crippen molar-refractivity contribution < 1.29 is 14.7 Å². The van der Waals surface area contributed by atoms with Crippen LogP contribution < -0.4 is 5.32 Å².